The molecule has 1 amide bonds. The van der Waals surface area contributed by atoms with Crippen molar-refractivity contribution in [3.8, 4) is 11.4 Å². The van der Waals surface area contributed by atoms with Crippen molar-refractivity contribution in [1.29, 1.82) is 0 Å². The van der Waals surface area contributed by atoms with Crippen LogP contribution in [0.3, 0.4) is 0 Å². The number of imidazole rings is 1. The van der Waals surface area contributed by atoms with E-state index in [0.29, 0.717) is 6.61 Å². The molecule has 0 aliphatic heterocycles. The third kappa shape index (κ3) is 4.98. The van der Waals surface area contributed by atoms with Gasteiger partial charge in [0, 0.05) is 18.1 Å². The van der Waals surface area contributed by atoms with Gasteiger partial charge in [0.05, 0.1) is 26.1 Å². The van der Waals surface area contributed by atoms with E-state index in [0.717, 1.165) is 22.6 Å². The van der Waals surface area contributed by atoms with E-state index in [1.54, 1.807) is 26.6 Å². The number of carbonyl (C=O) groups excluding carboxylic acids is 1. The van der Waals surface area contributed by atoms with E-state index in [1.165, 1.54) is 0 Å². The Labute approximate surface area is 165 Å². The van der Waals surface area contributed by atoms with Crippen LogP contribution >= 0.6 is 0 Å². The third-order valence-corrected chi connectivity index (χ3v) is 4.56. The molecule has 0 saturated heterocycles. The predicted octanol–water partition coefficient (Wildman–Crippen LogP) is 3.66. The summed E-state index contributed by atoms with van der Waals surface area (Å²) >= 11 is 0. The molecule has 6 nitrogen and oxygen atoms in total. The summed E-state index contributed by atoms with van der Waals surface area (Å²) in [6, 6.07) is 15.5. The molecule has 1 heterocycles. The Morgan fingerprint density at radius 2 is 1.96 bits per heavy atom. The second-order valence-electron chi connectivity index (χ2n) is 6.60. The van der Waals surface area contributed by atoms with Gasteiger partial charge in [-0.25, -0.2) is 4.98 Å². The lowest BCUT2D eigenvalue weighted by Gasteiger charge is -2.19. The van der Waals surface area contributed by atoms with Gasteiger partial charge in [0.15, 0.2) is 0 Å². The smallest absolute Gasteiger partial charge is 0.249 e. The van der Waals surface area contributed by atoms with Crippen molar-refractivity contribution >= 4 is 5.91 Å². The van der Waals surface area contributed by atoms with Gasteiger partial charge in [0.25, 0.3) is 0 Å². The monoisotopic (exact) mass is 379 g/mol. The maximum Gasteiger partial charge on any atom is 0.249 e. The molecular formula is C22H25N3O3. The molecule has 2 atom stereocenters. The Balaban J connectivity index is 1.52. The van der Waals surface area contributed by atoms with Crippen molar-refractivity contribution in [2.24, 2.45) is 0 Å². The van der Waals surface area contributed by atoms with Crippen molar-refractivity contribution < 1.29 is 14.3 Å². The van der Waals surface area contributed by atoms with Crippen LogP contribution in [0.1, 0.15) is 31.0 Å². The first-order valence-corrected chi connectivity index (χ1v) is 9.20. The molecule has 146 valence electrons. The van der Waals surface area contributed by atoms with Crippen molar-refractivity contribution in [2.45, 2.75) is 32.6 Å². The summed E-state index contributed by atoms with van der Waals surface area (Å²) in [6.45, 7) is 4.06. The van der Waals surface area contributed by atoms with Crippen LogP contribution in [0.4, 0.5) is 0 Å². The molecule has 6 heteroatoms. The van der Waals surface area contributed by atoms with E-state index in [1.807, 2.05) is 66.2 Å². The predicted molar refractivity (Wildman–Crippen MR) is 107 cm³/mol. The van der Waals surface area contributed by atoms with Gasteiger partial charge < -0.3 is 19.4 Å². The highest BCUT2D eigenvalue weighted by Gasteiger charge is 2.17. The van der Waals surface area contributed by atoms with Crippen LogP contribution in [-0.4, -0.2) is 28.7 Å². The largest absolute Gasteiger partial charge is 0.497 e. The Kier molecular flexibility index (Phi) is 6.45. The summed E-state index contributed by atoms with van der Waals surface area (Å²) < 4.78 is 12.9. The van der Waals surface area contributed by atoms with Gasteiger partial charge in [0.2, 0.25) is 5.91 Å². The molecule has 3 aromatic rings. The molecule has 0 fully saturated rings. The third-order valence-electron chi connectivity index (χ3n) is 4.56. The molecule has 28 heavy (non-hydrogen) atoms. The van der Waals surface area contributed by atoms with Gasteiger partial charge in [-0.1, -0.05) is 24.3 Å². The average Bonchev–Trinajstić information content (AvgIpc) is 3.27. The van der Waals surface area contributed by atoms with E-state index in [4.69, 9.17) is 9.47 Å². The Hall–Kier alpha value is -3.12. The Morgan fingerprint density at radius 1 is 1.18 bits per heavy atom. The van der Waals surface area contributed by atoms with Gasteiger partial charge in [0.1, 0.15) is 11.9 Å². The van der Waals surface area contributed by atoms with Gasteiger partial charge in [-0.2, -0.15) is 0 Å². The van der Waals surface area contributed by atoms with Gasteiger partial charge in [-0.05, 0) is 49.2 Å². The number of hydrogen-bond donors (Lipinski definition) is 1. The van der Waals surface area contributed by atoms with E-state index >= 15 is 0 Å². The minimum Gasteiger partial charge on any atom is -0.497 e. The van der Waals surface area contributed by atoms with Gasteiger partial charge in [-0.3, -0.25) is 4.79 Å². The zero-order valence-corrected chi connectivity index (χ0v) is 16.3. The molecule has 2 unspecified atom stereocenters. The molecule has 1 aromatic heterocycles. The molecule has 3 rings (SSSR count). The minimum atomic E-state index is -0.557. The number of aromatic nitrogens is 2. The molecule has 0 radical (unpaired) electrons. The van der Waals surface area contributed by atoms with Crippen LogP contribution in [0.5, 0.6) is 5.75 Å². The van der Waals surface area contributed by atoms with Crippen molar-refractivity contribution in [3.63, 3.8) is 0 Å². The van der Waals surface area contributed by atoms with Crippen molar-refractivity contribution in [3.05, 3.63) is 78.4 Å². The SMILES string of the molecule is COc1cccc(COC(C)C(=O)NC(C)c2ccc(-n3ccnc3)cc2)c1. The summed E-state index contributed by atoms with van der Waals surface area (Å²) in [6.07, 6.45) is 4.83. The standard InChI is InChI=1S/C22H25N3O3/c1-16(19-7-9-20(10-8-19)25-12-11-23-15-25)24-22(26)17(2)28-14-18-5-4-6-21(13-18)27-3/h4-13,15-17H,14H2,1-3H3,(H,24,26). The fraction of sp³-hybridized carbons (Fsp3) is 0.273. The lowest BCUT2D eigenvalue weighted by Crippen LogP contribution is -2.36. The van der Waals surface area contributed by atoms with Crippen LogP contribution in [0.25, 0.3) is 5.69 Å². The summed E-state index contributed by atoms with van der Waals surface area (Å²) in [5.41, 5.74) is 3.01. The second kappa shape index (κ2) is 9.19. The average molecular weight is 379 g/mol. The first-order chi connectivity index (χ1) is 13.6. The zero-order valence-electron chi connectivity index (χ0n) is 16.3. The molecule has 1 N–H and O–H groups in total. The van der Waals surface area contributed by atoms with E-state index in [9.17, 15) is 4.79 Å². The number of nitrogens with zero attached hydrogens (tertiary/aromatic N) is 2. The molecule has 2 aromatic carbocycles. The molecule has 0 saturated carbocycles. The first-order valence-electron chi connectivity index (χ1n) is 9.20. The lowest BCUT2D eigenvalue weighted by molar-refractivity contribution is -0.133. The highest BCUT2D eigenvalue weighted by molar-refractivity contribution is 5.80. The van der Waals surface area contributed by atoms with E-state index in [-0.39, 0.29) is 11.9 Å². The first kappa shape index (κ1) is 19.6. The van der Waals surface area contributed by atoms with Gasteiger partial charge >= 0.3 is 0 Å². The topological polar surface area (TPSA) is 65.4 Å². The van der Waals surface area contributed by atoms with E-state index < -0.39 is 6.10 Å². The van der Waals surface area contributed by atoms with Crippen LogP contribution in [-0.2, 0) is 16.1 Å². The number of methoxy groups -OCH3 is 1. The highest BCUT2D eigenvalue weighted by atomic mass is 16.5. The summed E-state index contributed by atoms with van der Waals surface area (Å²) in [4.78, 5) is 16.5. The Bertz CT molecular complexity index is 892. The van der Waals surface area contributed by atoms with Crippen LogP contribution in [0.2, 0.25) is 0 Å². The van der Waals surface area contributed by atoms with Crippen LogP contribution in [0, 0.1) is 0 Å². The highest BCUT2D eigenvalue weighted by Crippen LogP contribution is 2.17. The van der Waals surface area contributed by atoms with Crippen molar-refractivity contribution in [1.82, 2.24) is 14.9 Å². The fourth-order valence-electron chi connectivity index (χ4n) is 2.82. The van der Waals surface area contributed by atoms with Crippen LogP contribution in [0.15, 0.2) is 67.3 Å². The number of benzene rings is 2. The Morgan fingerprint density at radius 3 is 2.64 bits per heavy atom. The number of ether oxygens (including phenoxy) is 2. The second-order valence-corrected chi connectivity index (χ2v) is 6.60. The molecular weight excluding hydrogens is 354 g/mol. The maximum atomic E-state index is 12.5. The number of amides is 1. The normalized spacial score (nSPS) is 13.0. The number of carbonyl (C=O) groups is 1. The van der Waals surface area contributed by atoms with Gasteiger partial charge in [-0.15, -0.1) is 0 Å². The summed E-state index contributed by atoms with van der Waals surface area (Å²) in [5, 5.41) is 3.00. The summed E-state index contributed by atoms with van der Waals surface area (Å²) in [7, 11) is 1.62. The number of rotatable bonds is 8. The molecule has 0 bridgehead atoms. The van der Waals surface area contributed by atoms with Crippen LogP contribution < -0.4 is 10.1 Å². The molecule has 0 spiro atoms. The lowest BCUT2D eigenvalue weighted by atomic mass is 10.1. The van der Waals surface area contributed by atoms with Crippen molar-refractivity contribution in [2.75, 3.05) is 7.11 Å². The molecule has 0 aliphatic carbocycles. The number of nitrogens with one attached hydrogen (secondary N) is 1. The zero-order chi connectivity index (χ0) is 19.9. The quantitative estimate of drug-likeness (QED) is 0.649. The maximum absolute atomic E-state index is 12.5. The minimum absolute atomic E-state index is 0.118. The molecule has 0 aliphatic rings. The fourth-order valence-corrected chi connectivity index (χ4v) is 2.82. The summed E-state index contributed by atoms with van der Waals surface area (Å²) in [5.74, 6) is 0.625. The van der Waals surface area contributed by atoms with E-state index in [2.05, 4.69) is 10.3 Å². The number of hydrogen-bond acceptors (Lipinski definition) is 4.